The van der Waals surface area contributed by atoms with Gasteiger partial charge in [0, 0.05) is 72.8 Å². The van der Waals surface area contributed by atoms with E-state index in [0.717, 1.165) is 41.2 Å². The Balaban J connectivity index is 1.43. The summed E-state index contributed by atoms with van der Waals surface area (Å²) in [5, 5.41) is 1.18. The molecule has 39 heavy (non-hydrogen) atoms. The molecule has 0 saturated carbocycles. The van der Waals surface area contributed by atoms with Gasteiger partial charge in [-0.2, -0.15) is 0 Å². The fourth-order valence-corrected chi connectivity index (χ4v) is 5.34. The number of nitrogens with zero attached hydrogens (tertiary/aromatic N) is 4. The van der Waals surface area contributed by atoms with Crippen molar-refractivity contribution < 1.29 is 9.53 Å². The van der Waals surface area contributed by atoms with E-state index in [2.05, 4.69) is 94.3 Å². The molecule has 6 heteroatoms. The Labute approximate surface area is 229 Å². The molecular weight excluding hydrogens is 484 g/mol. The summed E-state index contributed by atoms with van der Waals surface area (Å²) >= 11 is 0. The van der Waals surface area contributed by atoms with E-state index in [0.29, 0.717) is 31.8 Å². The quantitative estimate of drug-likeness (QED) is 0.280. The van der Waals surface area contributed by atoms with Crippen molar-refractivity contribution >= 4 is 16.8 Å². The first-order valence-corrected chi connectivity index (χ1v) is 13.4. The molecule has 0 spiro atoms. The van der Waals surface area contributed by atoms with Gasteiger partial charge in [-0.25, -0.2) is 0 Å². The number of benzene rings is 3. The summed E-state index contributed by atoms with van der Waals surface area (Å²) in [6, 6.07) is 31.1. The van der Waals surface area contributed by atoms with Crippen LogP contribution in [0.2, 0.25) is 0 Å². The van der Waals surface area contributed by atoms with Crippen molar-refractivity contribution in [2.24, 2.45) is 0 Å². The number of hydrogen-bond acceptors (Lipinski definition) is 4. The van der Waals surface area contributed by atoms with Crippen LogP contribution in [0.3, 0.4) is 0 Å². The Morgan fingerprint density at radius 3 is 2.46 bits per heavy atom. The van der Waals surface area contributed by atoms with Crippen LogP contribution in [-0.4, -0.2) is 52.0 Å². The van der Waals surface area contributed by atoms with Gasteiger partial charge in [0.1, 0.15) is 12.4 Å². The highest BCUT2D eigenvalue weighted by Crippen LogP contribution is 2.31. The second kappa shape index (κ2) is 11.1. The number of carbonyl (C=O) groups is 1. The van der Waals surface area contributed by atoms with E-state index >= 15 is 0 Å². The van der Waals surface area contributed by atoms with Crippen molar-refractivity contribution in [1.82, 2.24) is 19.4 Å². The molecule has 6 nitrogen and oxygen atoms in total. The third kappa shape index (κ3) is 5.56. The highest BCUT2D eigenvalue weighted by molar-refractivity contribution is 5.94. The number of para-hydroxylation sites is 1. The molecule has 0 aliphatic carbocycles. The minimum absolute atomic E-state index is 0.00578. The van der Waals surface area contributed by atoms with Crippen molar-refractivity contribution in [2.75, 3.05) is 26.7 Å². The molecule has 0 N–H and O–H groups in total. The molecule has 0 atom stereocenters. The van der Waals surface area contributed by atoms with Gasteiger partial charge in [-0.05, 0) is 54.6 Å². The molecule has 2 aromatic heterocycles. The Morgan fingerprint density at radius 2 is 1.59 bits per heavy atom. The van der Waals surface area contributed by atoms with Crippen LogP contribution in [0.25, 0.3) is 22.2 Å². The summed E-state index contributed by atoms with van der Waals surface area (Å²) < 4.78 is 8.50. The second-order valence-corrected chi connectivity index (χ2v) is 10.1. The summed E-state index contributed by atoms with van der Waals surface area (Å²) in [6.45, 7) is 3.98. The van der Waals surface area contributed by atoms with Gasteiger partial charge in [0.15, 0.2) is 0 Å². The second-order valence-electron chi connectivity index (χ2n) is 10.1. The van der Waals surface area contributed by atoms with E-state index in [1.807, 2.05) is 11.0 Å². The molecule has 3 heterocycles. The van der Waals surface area contributed by atoms with E-state index in [9.17, 15) is 4.79 Å². The van der Waals surface area contributed by atoms with Crippen LogP contribution in [0.15, 0.2) is 103 Å². The van der Waals surface area contributed by atoms with Crippen LogP contribution < -0.4 is 4.74 Å². The molecule has 5 aromatic rings. The third-order valence-corrected chi connectivity index (χ3v) is 7.31. The van der Waals surface area contributed by atoms with E-state index in [1.54, 1.807) is 24.5 Å². The zero-order valence-electron chi connectivity index (χ0n) is 22.2. The lowest BCUT2D eigenvalue weighted by Crippen LogP contribution is -2.33. The maximum Gasteiger partial charge on any atom is 0.254 e. The van der Waals surface area contributed by atoms with Gasteiger partial charge in [0.2, 0.25) is 0 Å². The van der Waals surface area contributed by atoms with Gasteiger partial charge in [-0.15, -0.1) is 0 Å². The largest absolute Gasteiger partial charge is 0.492 e. The number of likely N-dealkylation sites (N-methyl/N-ethyl adjacent to an activating group) is 1. The van der Waals surface area contributed by atoms with E-state index in [-0.39, 0.29) is 5.91 Å². The van der Waals surface area contributed by atoms with Gasteiger partial charge in [0.25, 0.3) is 5.91 Å². The summed E-state index contributed by atoms with van der Waals surface area (Å²) in [6.07, 6.45) is 3.35. The van der Waals surface area contributed by atoms with Gasteiger partial charge in [-0.3, -0.25) is 14.7 Å². The molecule has 0 fully saturated rings. The Kier molecular flexibility index (Phi) is 7.11. The lowest BCUT2D eigenvalue weighted by Gasteiger charge is -2.25. The first-order valence-electron chi connectivity index (χ1n) is 13.4. The molecule has 3 aromatic carbocycles. The smallest absolute Gasteiger partial charge is 0.254 e. The van der Waals surface area contributed by atoms with Crippen molar-refractivity contribution in [3.05, 3.63) is 120 Å². The molecule has 1 aliphatic heterocycles. The minimum atomic E-state index is 0.00578. The van der Waals surface area contributed by atoms with Crippen LogP contribution in [0.1, 0.15) is 21.5 Å². The molecule has 196 valence electrons. The van der Waals surface area contributed by atoms with Gasteiger partial charge < -0.3 is 14.2 Å². The number of aromatic nitrogens is 2. The van der Waals surface area contributed by atoms with Gasteiger partial charge >= 0.3 is 0 Å². The Bertz CT molecular complexity index is 1590. The first-order chi connectivity index (χ1) is 19.1. The molecule has 1 aliphatic rings. The minimum Gasteiger partial charge on any atom is -0.492 e. The normalized spacial score (nSPS) is 14.8. The SMILES string of the molecule is CN1CCOc2cccc(c2)-c2cc3ccccc3n2CCN(C(=O)c2ccncc2)Cc2cccc(c2)C1. The molecule has 1 amide bonds. The number of pyridine rings is 1. The fourth-order valence-electron chi connectivity index (χ4n) is 5.34. The summed E-state index contributed by atoms with van der Waals surface area (Å²) in [5.74, 6) is 0.866. The molecule has 0 radical (unpaired) electrons. The number of ether oxygens (including phenoxy) is 1. The summed E-state index contributed by atoms with van der Waals surface area (Å²) in [5.41, 5.74) is 6.34. The highest BCUT2D eigenvalue weighted by Gasteiger charge is 2.19. The zero-order valence-corrected chi connectivity index (χ0v) is 22.2. The maximum absolute atomic E-state index is 13.8. The van der Waals surface area contributed by atoms with Crippen molar-refractivity contribution in [2.45, 2.75) is 19.6 Å². The molecule has 4 bridgehead atoms. The van der Waals surface area contributed by atoms with Crippen molar-refractivity contribution in [3.63, 3.8) is 0 Å². The fraction of sp³-hybridized carbons (Fsp3) is 0.212. The summed E-state index contributed by atoms with van der Waals surface area (Å²) in [7, 11) is 2.11. The maximum atomic E-state index is 13.8. The highest BCUT2D eigenvalue weighted by atomic mass is 16.5. The number of rotatable bonds is 1. The predicted octanol–water partition coefficient (Wildman–Crippen LogP) is 5.87. The van der Waals surface area contributed by atoms with Gasteiger partial charge in [0.05, 0.1) is 0 Å². The lowest BCUT2D eigenvalue weighted by molar-refractivity contribution is 0.0737. The standard InChI is InChI=1S/C33H32N4O2/c1-35-18-19-39-30-10-5-9-28(21-30)32-22-29-8-2-3-11-31(29)37(32)17-16-36(33(38)27-12-14-34-15-13-27)24-26-7-4-6-25(20-26)23-35/h2-15,20-22H,16-19,23-24H2,1H3. The molecular formula is C33H32N4O2. The number of amides is 1. The van der Waals surface area contributed by atoms with Crippen LogP contribution >= 0.6 is 0 Å². The van der Waals surface area contributed by atoms with Crippen LogP contribution in [0.4, 0.5) is 0 Å². The topological polar surface area (TPSA) is 50.6 Å². The Hall–Kier alpha value is -4.42. The molecule has 0 unspecified atom stereocenters. The number of fused-ring (bicyclic) bond motifs is 8. The number of hydrogen-bond donors (Lipinski definition) is 0. The van der Waals surface area contributed by atoms with Crippen LogP contribution in [0.5, 0.6) is 5.75 Å². The molecule has 0 saturated heterocycles. The number of carbonyl (C=O) groups excluding carboxylic acids is 1. The van der Waals surface area contributed by atoms with E-state index in [1.165, 1.54) is 10.9 Å². The predicted molar refractivity (Wildman–Crippen MR) is 155 cm³/mol. The average molecular weight is 517 g/mol. The van der Waals surface area contributed by atoms with Crippen LogP contribution in [-0.2, 0) is 19.6 Å². The molecule has 6 rings (SSSR count). The summed E-state index contributed by atoms with van der Waals surface area (Å²) in [4.78, 5) is 22.1. The van der Waals surface area contributed by atoms with E-state index in [4.69, 9.17) is 4.74 Å². The first kappa shape index (κ1) is 24.9. The lowest BCUT2D eigenvalue weighted by atomic mass is 10.1. The van der Waals surface area contributed by atoms with Crippen LogP contribution in [0, 0.1) is 0 Å². The monoisotopic (exact) mass is 516 g/mol. The van der Waals surface area contributed by atoms with E-state index < -0.39 is 0 Å². The van der Waals surface area contributed by atoms with Crippen molar-refractivity contribution in [1.29, 1.82) is 0 Å². The zero-order chi connectivity index (χ0) is 26.6. The van der Waals surface area contributed by atoms with Gasteiger partial charge in [-0.1, -0.05) is 54.6 Å². The third-order valence-electron chi connectivity index (χ3n) is 7.31. The van der Waals surface area contributed by atoms with Crippen molar-refractivity contribution in [3.8, 4) is 17.0 Å². The Morgan fingerprint density at radius 1 is 0.795 bits per heavy atom. The average Bonchev–Trinajstić information content (AvgIpc) is 3.34.